The summed E-state index contributed by atoms with van der Waals surface area (Å²) in [5.41, 5.74) is 0. The lowest BCUT2D eigenvalue weighted by Gasteiger charge is -2.35. The van der Waals surface area contributed by atoms with Gasteiger partial charge in [0.1, 0.15) is 5.82 Å². The van der Waals surface area contributed by atoms with Gasteiger partial charge in [0.15, 0.2) is 5.96 Å². The molecule has 1 aromatic heterocycles. The van der Waals surface area contributed by atoms with Gasteiger partial charge in [0.05, 0.1) is 0 Å². The lowest BCUT2D eigenvalue weighted by atomic mass is 10.2. The predicted molar refractivity (Wildman–Crippen MR) is 106 cm³/mol. The van der Waals surface area contributed by atoms with Crippen LogP contribution in [0.4, 0.5) is 5.82 Å². The van der Waals surface area contributed by atoms with Gasteiger partial charge in [-0.25, -0.2) is 4.98 Å². The molecule has 8 heteroatoms. The van der Waals surface area contributed by atoms with Gasteiger partial charge in [-0.1, -0.05) is 6.07 Å². The van der Waals surface area contributed by atoms with E-state index in [0.29, 0.717) is 13.0 Å². The highest BCUT2D eigenvalue weighted by Crippen LogP contribution is 2.12. The molecule has 1 fully saturated rings. The van der Waals surface area contributed by atoms with Crippen molar-refractivity contribution in [3.05, 3.63) is 24.4 Å². The van der Waals surface area contributed by atoms with Crippen LogP contribution in [-0.2, 0) is 4.79 Å². The van der Waals surface area contributed by atoms with Gasteiger partial charge in [-0.3, -0.25) is 9.79 Å². The second-order valence-corrected chi connectivity index (χ2v) is 5.74. The molecule has 0 saturated carbocycles. The van der Waals surface area contributed by atoms with Crippen molar-refractivity contribution >= 4 is 41.7 Å². The smallest absolute Gasteiger partial charge is 0.224 e. The van der Waals surface area contributed by atoms with Gasteiger partial charge in [-0.2, -0.15) is 0 Å². The molecule has 0 spiro atoms. The second kappa shape index (κ2) is 9.65. The summed E-state index contributed by atoms with van der Waals surface area (Å²) in [5.74, 6) is 2.02. The van der Waals surface area contributed by atoms with E-state index >= 15 is 0 Å². The SMILES string of the molecule is I.O=C(CCNC1=NCCCN1)N1CCN(c2ccccn2)CC1. The summed E-state index contributed by atoms with van der Waals surface area (Å²) in [6.45, 7) is 5.64. The van der Waals surface area contributed by atoms with Crippen molar-refractivity contribution in [2.75, 3.05) is 50.7 Å². The number of amides is 1. The highest BCUT2D eigenvalue weighted by atomic mass is 127. The fraction of sp³-hybridized carbons (Fsp3) is 0.562. The number of nitrogens with zero attached hydrogens (tertiary/aromatic N) is 4. The summed E-state index contributed by atoms with van der Waals surface area (Å²) in [5, 5.41) is 6.39. The average Bonchev–Trinajstić information content (AvgIpc) is 2.63. The van der Waals surface area contributed by atoms with Gasteiger partial charge < -0.3 is 20.4 Å². The van der Waals surface area contributed by atoms with E-state index in [9.17, 15) is 4.79 Å². The van der Waals surface area contributed by atoms with E-state index in [-0.39, 0.29) is 29.9 Å². The Morgan fingerprint density at radius 1 is 1.25 bits per heavy atom. The molecule has 0 aliphatic carbocycles. The number of hydrogen-bond donors (Lipinski definition) is 2. The van der Waals surface area contributed by atoms with Crippen LogP contribution >= 0.6 is 24.0 Å². The Kier molecular flexibility index (Phi) is 7.54. The number of anilines is 1. The summed E-state index contributed by atoms with van der Waals surface area (Å²) in [4.78, 5) is 25.1. The summed E-state index contributed by atoms with van der Waals surface area (Å²) >= 11 is 0. The van der Waals surface area contributed by atoms with E-state index in [1.165, 1.54) is 0 Å². The van der Waals surface area contributed by atoms with Crippen LogP contribution in [-0.4, -0.2) is 67.6 Å². The molecule has 0 unspecified atom stereocenters. The Hall–Kier alpha value is -1.58. The third kappa shape index (κ3) is 5.22. The maximum absolute atomic E-state index is 12.3. The number of guanidine groups is 1. The molecule has 0 atom stereocenters. The molecule has 1 saturated heterocycles. The third-order valence-electron chi connectivity index (χ3n) is 4.13. The van der Waals surface area contributed by atoms with E-state index < -0.39 is 0 Å². The molecular formula is C16H25IN6O. The normalized spacial score (nSPS) is 17.4. The van der Waals surface area contributed by atoms with Crippen molar-refractivity contribution in [3.8, 4) is 0 Å². The summed E-state index contributed by atoms with van der Waals surface area (Å²) in [6, 6.07) is 5.93. The molecule has 2 aliphatic rings. The monoisotopic (exact) mass is 444 g/mol. The fourth-order valence-electron chi connectivity index (χ4n) is 2.82. The standard InChI is InChI=1S/C16H24N6O.HI/c23-15(5-9-20-16-18-7-3-8-19-16)22-12-10-21(11-13-22)14-4-1-2-6-17-14;/h1-2,4,6H,3,5,7-13H2,(H2,18,19,20);1H. The van der Waals surface area contributed by atoms with Crippen LogP contribution in [0.15, 0.2) is 29.4 Å². The van der Waals surface area contributed by atoms with Gasteiger partial charge >= 0.3 is 0 Å². The average molecular weight is 444 g/mol. The van der Waals surface area contributed by atoms with Gasteiger partial charge in [-0.15, -0.1) is 24.0 Å². The van der Waals surface area contributed by atoms with Crippen molar-refractivity contribution in [1.29, 1.82) is 0 Å². The highest BCUT2D eigenvalue weighted by molar-refractivity contribution is 14.0. The van der Waals surface area contributed by atoms with Gasteiger partial charge in [0.25, 0.3) is 0 Å². The van der Waals surface area contributed by atoms with Crippen molar-refractivity contribution < 1.29 is 4.79 Å². The topological polar surface area (TPSA) is 72.9 Å². The number of aromatic nitrogens is 1. The molecule has 132 valence electrons. The number of aliphatic imine (C=N–C) groups is 1. The Bertz CT molecular complexity index is 545. The Balaban J connectivity index is 0.00000208. The number of piperazine rings is 1. The van der Waals surface area contributed by atoms with Crippen molar-refractivity contribution in [2.24, 2.45) is 4.99 Å². The predicted octanol–water partition coefficient (Wildman–Crippen LogP) is 0.677. The molecule has 3 rings (SSSR count). The molecule has 1 amide bonds. The van der Waals surface area contributed by atoms with Crippen LogP contribution in [0.3, 0.4) is 0 Å². The lowest BCUT2D eigenvalue weighted by Crippen LogP contribution is -2.49. The number of hydrogen-bond acceptors (Lipinski definition) is 6. The first-order valence-corrected chi connectivity index (χ1v) is 8.29. The first-order chi connectivity index (χ1) is 11.3. The lowest BCUT2D eigenvalue weighted by molar-refractivity contribution is -0.131. The van der Waals surface area contributed by atoms with Gasteiger partial charge in [-0.05, 0) is 18.6 Å². The number of pyridine rings is 1. The molecule has 0 aromatic carbocycles. The van der Waals surface area contributed by atoms with Crippen LogP contribution in [0.1, 0.15) is 12.8 Å². The first-order valence-electron chi connectivity index (χ1n) is 8.29. The number of carbonyl (C=O) groups excluding carboxylic acids is 1. The largest absolute Gasteiger partial charge is 0.356 e. The molecule has 1 aromatic rings. The Morgan fingerprint density at radius 3 is 2.75 bits per heavy atom. The minimum atomic E-state index is 0. The zero-order valence-electron chi connectivity index (χ0n) is 13.8. The van der Waals surface area contributed by atoms with Crippen LogP contribution in [0.25, 0.3) is 0 Å². The second-order valence-electron chi connectivity index (χ2n) is 5.74. The number of halogens is 1. The summed E-state index contributed by atoms with van der Waals surface area (Å²) in [6.07, 6.45) is 3.38. The minimum Gasteiger partial charge on any atom is -0.356 e. The number of rotatable bonds is 4. The minimum absolute atomic E-state index is 0. The van der Waals surface area contributed by atoms with E-state index in [1.807, 2.05) is 23.1 Å². The first kappa shape index (κ1) is 18.8. The molecule has 24 heavy (non-hydrogen) atoms. The molecule has 2 N–H and O–H groups in total. The quantitative estimate of drug-likeness (QED) is 0.669. The zero-order valence-corrected chi connectivity index (χ0v) is 16.1. The third-order valence-corrected chi connectivity index (χ3v) is 4.13. The molecule has 0 bridgehead atoms. The molecule has 3 heterocycles. The Labute approximate surface area is 159 Å². The maximum atomic E-state index is 12.3. The van der Waals surface area contributed by atoms with Crippen molar-refractivity contribution in [2.45, 2.75) is 12.8 Å². The molecule has 2 aliphatic heterocycles. The molecule has 0 radical (unpaired) electrons. The van der Waals surface area contributed by atoms with Crippen LogP contribution in [0.2, 0.25) is 0 Å². The number of nitrogens with one attached hydrogen (secondary N) is 2. The highest BCUT2D eigenvalue weighted by Gasteiger charge is 2.21. The van der Waals surface area contributed by atoms with E-state index in [1.54, 1.807) is 6.20 Å². The van der Waals surface area contributed by atoms with Crippen LogP contribution < -0.4 is 15.5 Å². The van der Waals surface area contributed by atoms with Gasteiger partial charge in [0, 0.05) is 58.4 Å². The summed E-state index contributed by atoms with van der Waals surface area (Å²) in [7, 11) is 0. The zero-order chi connectivity index (χ0) is 15.9. The summed E-state index contributed by atoms with van der Waals surface area (Å²) < 4.78 is 0. The molecular weight excluding hydrogens is 419 g/mol. The number of carbonyl (C=O) groups is 1. The van der Waals surface area contributed by atoms with Crippen molar-refractivity contribution in [1.82, 2.24) is 20.5 Å². The van der Waals surface area contributed by atoms with E-state index in [2.05, 4.69) is 25.5 Å². The van der Waals surface area contributed by atoms with E-state index in [4.69, 9.17) is 0 Å². The Morgan fingerprint density at radius 2 is 2.08 bits per heavy atom. The fourth-order valence-corrected chi connectivity index (χ4v) is 2.82. The van der Waals surface area contributed by atoms with Gasteiger partial charge in [0.2, 0.25) is 5.91 Å². The van der Waals surface area contributed by atoms with E-state index in [0.717, 1.165) is 57.5 Å². The van der Waals surface area contributed by atoms with Crippen LogP contribution in [0.5, 0.6) is 0 Å². The molecule has 7 nitrogen and oxygen atoms in total. The van der Waals surface area contributed by atoms with Crippen molar-refractivity contribution in [3.63, 3.8) is 0 Å². The van der Waals surface area contributed by atoms with Crippen LogP contribution in [0, 0.1) is 0 Å². The maximum Gasteiger partial charge on any atom is 0.224 e.